The first-order valence-corrected chi connectivity index (χ1v) is 7.52. The molecule has 104 valence electrons. The van der Waals surface area contributed by atoms with Crippen LogP contribution in [-0.2, 0) is 4.79 Å². The number of halogens is 2. The Hall–Kier alpha value is -0.640. The number of hydrogen-bond acceptors (Lipinski definition) is 2. The fourth-order valence-electron chi connectivity index (χ4n) is 1.80. The van der Waals surface area contributed by atoms with Gasteiger partial charge in [-0.1, -0.05) is 55.2 Å². The molecule has 0 aliphatic carbocycles. The van der Waals surface area contributed by atoms with Crippen molar-refractivity contribution in [2.75, 3.05) is 0 Å². The Kier molecular flexibility index (Phi) is 6.76. The molecule has 0 aromatic heterocycles. The summed E-state index contributed by atoms with van der Waals surface area (Å²) in [6.07, 6.45) is 1.60. The molecule has 1 aromatic carbocycles. The van der Waals surface area contributed by atoms with Crippen LogP contribution in [0.15, 0.2) is 45.8 Å². The molecule has 1 aromatic rings. The maximum absolute atomic E-state index is 11.4. The first-order valence-electron chi connectivity index (χ1n) is 5.89. The number of carbonyl (C=O) groups is 1. The standard InChI is InChI=1S/C14H16Cl2O2S/c1-9(2)13(14(17)18)11(8-12(15)16)19-10-6-4-3-5-7-10/h3-9,11,13H,1-2H3,(H,17,18). The molecule has 0 radical (unpaired) electrons. The number of benzene rings is 1. The minimum absolute atomic E-state index is 0.0114. The molecule has 0 spiro atoms. The molecule has 0 aliphatic rings. The molecule has 0 saturated heterocycles. The van der Waals surface area contributed by atoms with Crippen LogP contribution in [0, 0.1) is 11.8 Å². The zero-order chi connectivity index (χ0) is 14.4. The Balaban J connectivity index is 3.00. The molecule has 5 heteroatoms. The number of aliphatic carboxylic acids is 1. The van der Waals surface area contributed by atoms with Crippen molar-refractivity contribution in [3.8, 4) is 0 Å². The van der Waals surface area contributed by atoms with Gasteiger partial charge in [-0.3, -0.25) is 4.79 Å². The smallest absolute Gasteiger partial charge is 0.308 e. The zero-order valence-corrected chi connectivity index (χ0v) is 13.0. The number of carboxylic acids is 1. The molecular weight excluding hydrogens is 303 g/mol. The lowest BCUT2D eigenvalue weighted by atomic mass is 9.92. The molecule has 0 saturated carbocycles. The van der Waals surface area contributed by atoms with Gasteiger partial charge in [-0.25, -0.2) is 0 Å². The quantitative estimate of drug-likeness (QED) is 0.764. The van der Waals surface area contributed by atoms with Crippen LogP contribution < -0.4 is 0 Å². The molecule has 0 aliphatic heterocycles. The highest BCUT2D eigenvalue weighted by molar-refractivity contribution is 8.00. The third-order valence-corrected chi connectivity index (χ3v) is 4.16. The van der Waals surface area contributed by atoms with Crippen LogP contribution in [0.5, 0.6) is 0 Å². The van der Waals surface area contributed by atoms with E-state index in [1.165, 1.54) is 11.8 Å². The second-order valence-electron chi connectivity index (χ2n) is 4.46. The summed E-state index contributed by atoms with van der Waals surface area (Å²) in [6.45, 7) is 3.76. The van der Waals surface area contributed by atoms with Gasteiger partial charge in [-0.15, -0.1) is 11.8 Å². The van der Waals surface area contributed by atoms with E-state index in [1.54, 1.807) is 6.08 Å². The van der Waals surface area contributed by atoms with E-state index in [9.17, 15) is 9.90 Å². The van der Waals surface area contributed by atoms with Crippen LogP contribution in [0.4, 0.5) is 0 Å². The number of carboxylic acid groups (broad SMARTS) is 1. The largest absolute Gasteiger partial charge is 0.481 e. The van der Waals surface area contributed by atoms with Gasteiger partial charge in [0.1, 0.15) is 4.49 Å². The minimum atomic E-state index is -0.839. The lowest BCUT2D eigenvalue weighted by molar-refractivity contribution is -0.142. The van der Waals surface area contributed by atoms with Gasteiger partial charge in [0, 0.05) is 10.1 Å². The summed E-state index contributed by atoms with van der Waals surface area (Å²) in [6, 6.07) is 9.62. The van der Waals surface area contributed by atoms with E-state index in [0.29, 0.717) is 0 Å². The van der Waals surface area contributed by atoms with Crippen LogP contribution in [0.1, 0.15) is 13.8 Å². The summed E-state index contributed by atoms with van der Waals surface area (Å²) < 4.78 is 0.0975. The van der Waals surface area contributed by atoms with Crippen molar-refractivity contribution in [1.82, 2.24) is 0 Å². The highest BCUT2D eigenvalue weighted by Crippen LogP contribution is 2.34. The SMILES string of the molecule is CC(C)C(C(=O)O)C(C=C(Cl)Cl)Sc1ccccc1. The molecule has 0 bridgehead atoms. The van der Waals surface area contributed by atoms with E-state index in [1.807, 2.05) is 44.2 Å². The topological polar surface area (TPSA) is 37.3 Å². The van der Waals surface area contributed by atoms with Crippen LogP contribution in [0.25, 0.3) is 0 Å². The van der Waals surface area contributed by atoms with Crippen molar-refractivity contribution >= 4 is 40.9 Å². The molecule has 1 rings (SSSR count). The summed E-state index contributed by atoms with van der Waals surface area (Å²) in [5.41, 5.74) is 0. The normalized spacial score (nSPS) is 13.9. The second kappa shape index (κ2) is 7.83. The van der Waals surface area contributed by atoms with Crippen molar-refractivity contribution in [3.63, 3.8) is 0 Å². The van der Waals surface area contributed by atoms with Crippen molar-refractivity contribution in [3.05, 3.63) is 40.9 Å². The highest BCUT2D eigenvalue weighted by Gasteiger charge is 2.30. The molecule has 0 fully saturated rings. The van der Waals surface area contributed by atoms with Gasteiger partial charge in [0.2, 0.25) is 0 Å². The summed E-state index contributed by atoms with van der Waals surface area (Å²) in [7, 11) is 0. The monoisotopic (exact) mass is 318 g/mol. The lowest BCUT2D eigenvalue weighted by Gasteiger charge is -2.24. The van der Waals surface area contributed by atoms with Crippen molar-refractivity contribution < 1.29 is 9.90 Å². The summed E-state index contributed by atoms with van der Waals surface area (Å²) in [4.78, 5) is 12.4. The van der Waals surface area contributed by atoms with Crippen molar-refractivity contribution in [2.24, 2.45) is 11.8 Å². The molecule has 19 heavy (non-hydrogen) atoms. The highest BCUT2D eigenvalue weighted by atomic mass is 35.5. The number of thioether (sulfide) groups is 1. The van der Waals surface area contributed by atoms with Crippen LogP contribution in [0.3, 0.4) is 0 Å². The lowest BCUT2D eigenvalue weighted by Crippen LogP contribution is -2.29. The van der Waals surface area contributed by atoms with Gasteiger partial charge >= 0.3 is 5.97 Å². The molecule has 0 heterocycles. The average molecular weight is 319 g/mol. The van der Waals surface area contributed by atoms with E-state index in [0.717, 1.165) is 4.90 Å². The predicted octanol–water partition coefficient (Wildman–Crippen LogP) is 4.82. The third kappa shape index (κ3) is 5.47. The van der Waals surface area contributed by atoms with Gasteiger partial charge < -0.3 is 5.11 Å². The summed E-state index contributed by atoms with van der Waals surface area (Å²) in [5.74, 6) is -1.39. The molecule has 2 atom stereocenters. The van der Waals surface area contributed by atoms with Crippen molar-refractivity contribution in [1.29, 1.82) is 0 Å². The van der Waals surface area contributed by atoms with E-state index in [-0.39, 0.29) is 15.7 Å². The summed E-state index contributed by atoms with van der Waals surface area (Å²) in [5, 5.41) is 9.08. The van der Waals surface area contributed by atoms with Crippen LogP contribution >= 0.6 is 35.0 Å². The van der Waals surface area contributed by atoms with E-state index >= 15 is 0 Å². The first-order chi connectivity index (χ1) is 8.91. The van der Waals surface area contributed by atoms with Gasteiger partial charge in [-0.05, 0) is 24.1 Å². The van der Waals surface area contributed by atoms with E-state index in [2.05, 4.69) is 0 Å². The first kappa shape index (κ1) is 16.4. The number of hydrogen-bond donors (Lipinski definition) is 1. The molecule has 0 amide bonds. The zero-order valence-electron chi connectivity index (χ0n) is 10.7. The molecule has 2 nitrogen and oxygen atoms in total. The van der Waals surface area contributed by atoms with Crippen molar-refractivity contribution in [2.45, 2.75) is 24.0 Å². The Morgan fingerprint density at radius 1 is 1.26 bits per heavy atom. The van der Waals surface area contributed by atoms with Gasteiger partial charge in [0.05, 0.1) is 5.92 Å². The molecule has 2 unspecified atom stereocenters. The summed E-state index contributed by atoms with van der Waals surface area (Å²) >= 11 is 12.9. The Morgan fingerprint density at radius 2 is 1.84 bits per heavy atom. The Morgan fingerprint density at radius 3 is 2.26 bits per heavy atom. The third-order valence-electron chi connectivity index (χ3n) is 2.66. The van der Waals surface area contributed by atoms with Gasteiger partial charge in [0.25, 0.3) is 0 Å². The van der Waals surface area contributed by atoms with Crippen LogP contribution in [0.2, 0.25) is 0 Å². The second-order valence-corrected chi connectivity index (χ2v) is 6.72. The minimum Gasteiger partial charge on any atom is -0.481 e. The molecule has 1 N–H and O–H groups in total. The number of rotatable bonds is 6. The maximum Gasteiger partial charge on any atom is 0.308 e. The average Bonchev–Trinajstić information content (AvgIpc) is 2.28. The maximum atomic E-state index is 11.4. The Bertz CT molecular complexity index is 442. The van der Waals surface area contributed by atoms with E-state index < -0.39 is 11.9 Å². The Labute approximate surface area is 127 Å². The predicted molar refractivity (Wildman–Crippen MR) is 81.8 cm³/mol. The molecular formula is C14H16Cl2O2S. The van der Waals surface area contributed by atoms with Gasteiger partial charge in [-0.2, -0.15) is 0 Å². The fraction of sp³-hybridized carbons (Fsp3) is 0.357. The van der Waals surface area contributed by atoms with Gasteiger partial charge in [0.15, 0.2) is 0 Å². The fourth-order valence-corrected chi connectivity index (χ4v) is 3.63. The van der Waals surface area contributed by atoms with E-state index in [4.69, 9.17) is 23.2 Å². The van der Waals surface area contributed by atoms with Crippen LogP contribution in [-0.4, -0.2) is 16.3 Å².